The molecule has 2 rings (SSSR count). The molecule has 3 N–H and O–H groups in total. The Balaban J connectivity index is 2.38. The third-order valence-electron chi connectivity index (χ3n) is 3.14. The maximum Gasteiger partial charge on any atom is 0.256 e. The molecule has 0 aromatic heterocycles. The number of benzene rings is 2. The molecular formula is C15H14Cl2N2O. The van der Waals surface area contributed by atoms with Crippen molar-refractivity contribution in [3.05, 3.63) is 57.1 Å². The van der Waals surface area contributed by atoms with Crippen LogP contribution in [0.1, 0.15) is 21.5 Å². The summed E-state index contributed by atoms with van der Waals surface area (Å²) >= 11 is 12.3. The van der Waals surface area contributed by atoms with Crippen molar-refractivity contribution < 1.29 is 4.79 Å². The largest absolute Gasteiger partial charge is 0.398 e. The lowest BCUT2D eigenvalue weighted by Gasteiger charge is -2.13. The van der Waals surface area contributed by atoms with E-state index < -0.39 is 0 Å². The Morgan fingerprint density at radius 3 is 2.55 bits per heavy atom. The Morgan fingerprint density at radius 2 is 1.85 bits per heavy atom. The minimum Gasteiger partial charge on any atom is -0.398 e. The van der Waals surface area contributed by atoms with Crippen molar-refractivity contribution in [2.45, 2.75) is 13.8 Å². The number of nitrogen functional groups attached to an aromatic ring is 1. The van der Waals surface area contributed by atoms with E-state index in [0.717, 1.165) is 11.1 Å². The number of hydrogen-bond donors (Lipinski definition) is 2. The summed E-state index contributed by atoms with van der Waals surface area (Å²) in [4.78, 5) is 12.3. The zero-order chi connectivity index (χ0) is 14.9. The van der Waals surface area contributed by atoms with Gasteiger partial charge in [0.05, 0.1) is 15.7 Å². The molecule has 2 aromatic rings. The van der Waals surface area contributed by atoms with Crippen LogP contribution in [0.3, 0.4) is 0 Å². The van der Waals surface area contributed by atoms with Gasteiger partial charge in [0.25, 0.3) is 5.91 Å². The van der Waals surface area contributed by atoms with Crippen molar-refractivity contribution in [1.82, 2.24) is 0 Å². The SMILES string of the molecule is Cc1ccc(Cl)c(NC(=O)c2cccc(N)c2C)c1Cl. The van der Waals surface area contributed by atoms with Crippen LogP contribution in [0.25, 0.3) is 0 Å². The van der Waals surface area contributed by atoms with E-state index in [-0.39, 0.29) is 5.91 Å². The van der Waals surface area contributed by atoms with E-state index >= 15 is 0 Å². The van der Waals surface area contributed by atoms with Crippen molar-refractivity contribution in [1.29, 1.82) is 0 Å². The van der Waals surface area contributed by atoms with Crippen molar-refractivity contribution in [2.24, 2.45) is 0 Å². The number of anilines is 2. The van der Waals surface area contributed by atoms with Gasteiger partial charge in [0.2, 0.25) is 0 Å². The first-order valence-corrected chi connectivity index (χ1v) is 6.78. The fraction of sp³-hybridized carbons (Fsp3) is 0.133. The lowest BCUT2D eigenvalue weighted by Crippen LogP contribution is -2.15. The van der Waals surface area contributed by atoms with Crippen LogP contribution in [-0.4, -0.2) is 5.91 Å². The highest BCUT2D eigenvalue weighted by atomic mass is 35.5. The molecule has 2 aromatic carbocycles. The number of nitrogens with two attached hydrogens (primary N) is 1. The summed E-state index contributed by atoms with van der Waals surface area (Å²) in [5, 5.41) is 3.58. The zero-order valence-electron chi connectivity index (χ0n) is 11.1. The summed E-state index contributed by atoms with van der Waals surface area (Å²) in [7, 11) is 0. The maximum atomic E-state index is 12.3. The Bertz CT molecular complexity index is 684. The Hall–Kier alpha value is -1.71. The van der Waals surface area contributed by atoms with Gasteiger partial charge in [-0.05, 0) is 43.2 Å². The molecule has 0 unspecified atom stereocenters. The summed E-state index contributed by atoms with van der Waals surface area (Å²) < 4.78 is 0. The second-order valence-corrected chi connectivity index (χ2v) is 5.31. The highest BCUT2D eigenvalue weighted by Gasteiger charge is 2.15. The molecule has 0 fully saturated rings. The molecule has 0 saturated carbocycles. The predicted octanol–water partition coefficient (Wildman–Crippen LogP) is 4.44. The topological polar surface area (TPSA) is 55.1 Å². The van der Waals surface area contributed by atoms with Crippen LogP contribution in [0, 0.1) is 13.8 Å². The first kappa shape index (κ1) is 14.7. The van der Waals surface area contributed by atoms with Crippen LogP contribution in [0.5, 0.6) is 0 Å². The van der Waals surface area contributed by atoms with Gasteiger partial charge in [0.15, 0.2) is 0 Å². The van der Waals surface area contributed by atoms with E-state index in [0.29, 0.717) is 27.0 Å². The molecule has 0 spiro atoms. The first-order chi connectivity index (χ1) is 9.41. The Morgan fingerprint density at radius 1 is 1.15 bits per heavy atom. The fourth-order valence-corrected chi connectivity index (χ4v) is 2.32. The summed E-state index contributed by atoms with van der Waals surface area (Å²) in [6.45, 7) is 3.64. The molecule has 0 aliphatic carbocycles. The van der Waals surface area contributed by atoms with E-state index in [1.807, 2.05) is 6.92 Å². The molecule has 104 valence electrons. The number of halogens is 2. The second-order valence-electron chi connectivity index (χ2n) is 4.53. The molecule has 0 atom stereocenters. The van der Waals surface area contributed by atoms with Crippen LogP contribution in [0.4, 0.5) is 11.4 Å². The standard InChI is InChI=1S/C15H14Cl2N2O/c1-8-6-7-11(16)14(13(8)17)19-15(20)10-4-3-5-12(18)9(10)2/h3-7H,18H2,1-2H3,(H,19,20). The molecule has 0 bridgehead atoms. The third-order valence-corrected chi connectivity index (χ3v) is 3.95. The number of rotatable bonds is 2. The van der Waals surface area contributed by atoms with Crippen LogP contribution >= 0.6 is 23.2 Å². The Kier molecular flexibility index (Phi) is 4.21. The molecule has 0 aliphatic rings. The van der Waals surface area contributed by atoms with Gasteiger partial charge in [-0.2, -0.15) is 0 Å². The van der Waals surface area contributed by atoms with Gasteiger partial charge >= 0.3 is 0 Å². The van der Waals surface area contributed by atoms with Gasteiger partial charge in [0, 0.05) is 11.3 Å². The normalized spacial score (nSPS) is 10.4. The van der Waals surface area contributed by atoms with Gasteiger partial charge in [-0.15, -0.1) is 0 Å². The third kappa shape index (κ3) is 2.74. The molecule has 5 heteroatoms. The van der Waals surface area contributed by atoms with E-state index in [9.17, 15) is 4.79 Å². The van der Waals surface area contributed by atoms with Crippen molar-refractivity contribution >= 4 is 40.5 Å². The fourth-order valence-electron chi connectivity index (χ4n) is 1.85. The summed E-state index contributed by atoms with van der Waals surface area (Å²) in [6.07, 6.45) is 0. The number of hydrogen-bond acceptors (Lipinski definition) is 2. The van der Waals surface area contributed by atoms with Crippen molar-refractivity contribution in [3.8, 4) is 0 Å². The lowest BCUT2D eigenvalue weighted by molar-refractivity contribution is 0.102. The van der Waals surface area contributed by atoms with Gasteiger partial charge in [-0.25, -0.2) is 0 Å². The smallest absolute Gasteiger partial charge is 0.256 e. The van der Waals surface area contributed by atoms with E-state index in [4.69, 9.17) is 28.9 Å². The van der Waals surface area contributed by atoms with Gasteiger partial charge in [-0.3, -0.25) is 4.79 Å². The zero-order valence-corrected chi connectivity index (χ0v) is 12.6. The Labute approximate surface area is 127 Å². The number of aryl methyl sites for hydroxylation is 1. The second kappa shape index (κ2) is 5.73. The summed E-state index contributed by atoms with van der Waals surface area (Å²) in [5.41, 5.74) is 8.86. The van der Waals surface area contributed by atoms with E-state index in [1.165, 1.54) is 0 Å². The first-order valence-electron chi connectivity index (χ1n) is 6.03. The summed E-state index contributed by atoms with van der Waals surface area (Å²) in [6, 6.07) is 8.69. The van der Waals surface area contributed by atoms with Crippen LogP contribution in [0.15, 0.2) is 30.3 Å². The number of carbonyl (C=O) groups excluding carboxylic acids is 1. The maximum absolute atomic E-state index is 12.3. The van der Waals surface area contributed by atoms with Crippen molar-refractivity contribution in [2.75, 3.05) is 11.1 Å². The summed E-state index contributed by atoms with van der Waals surface area (Å²) in [5.74, 6) is -0.288. The molecule has 0 saturated heterocycles. The predicted molar refractivity (Wildman–Crippen MR) is 84.7 cm³/mol. The van der Waals surface area contributed by atoms with E-state index in [1.54, 1.807) is 37.3 Å². The average molecular weight is 309 g/mol. The van der Waals surface area contributed by atoms with Gasteiger partial charge in [0.1, 0.15) is 0 Å². The molecule has 0 radical (unpaired) electrons. The van der Waals surface area contributed by atoms with E-state index in [2.05, 4.69) is 5.32 Å². The quantitative estimate of drug-likeness (QED) is 0.806. The number of nitrogens with one attached hydrogen (secondary N) is 1. The highest BCUT2D eigenvalue weighted by Crippen LogP contribution is 2.33. The minimum absolute atomic E-state index is 0.288. The highest BCUT2D eigenvalue weighted by molar-refractivity contribution is 6.40. The molecule has 0 aliphatic heterocycles. The van der Waals surface area contributed by atoms with Gasteiger partial charge in [-0.1, -0.05) is 35.3 Å². The average Bonchev–Trinajstić information content (AvgIpc) is 2.42. The number of carbonyl (C=O) groups is 1. The number of amides is 1. The molecular weight excluding hydrogens is 295 g/mol. The molecule has 20 heavy (non-hydrogen) atoms. The lowest BCUT2D eigenvalue weighted by atomic mass is 10.1. The van der Waals surface area contributed by atoms with Crippen LogP contribution in [0.2, 0.25) is 10.0 Å². The molecule has 3 nitrogen and oxygen atoms in total. The molecule has 0 heterocycles. The molecule has 1 amide bonds. The van der Waals surface area contributed by atoms with Crippen LogP contribution < -0.4 is 11.1 Å². The monoisotopic (exact) mass is 308 g/mol. The van der Waals surface area contributed by atoms with Crippen LogP contribution in [-0.2, 0) is 0 Å². The van der Waals surface area contributed by atoms with Crippen molar-refractivity contribution in [3.63, 3.8) is 0 Å². The minimum atomic E-state index is -0.288. The van der Waals surface area contributed by atoms with Gasteiger partial charge < -0.3 is 11.1 Å².